The molecular weight excluding hydrogens is 360 g/mol. The van der Waals surface area contributed by atoms with Crippen LogP contribution in [-0.4, -0.2) is 66.3 Å². The SMILES string of the molecule is O=C(CSCc1ccc(Cl)cc1)N1CCN(C(=O)[C@@H]2CCCO2)CC1. The summed E-state index contributed by atoms with van der Waals surface area (Å²) >= 11 is 7.48. The topological polar surface area (TPSA) is 49.9 Å². The molecule has 2 amide bonds. The molecule has 7 heteroatoms. The fourth-order valence-electron chi connectivity index (χ4n) is 3.08. The van der Waals surface area contributed by atoms with Crippen molar-refractivity contribution in [2.45, 2.75) is 24.7 Å². The van der Waals surface area contributed by atoms with Crippen molar-refractivity contribution in [3.05, 3.63) is 34.9 Å². The summed E-state index contributed by atoms with van der Waals surface area (Å²) in [7, 11) is 0. The summed E-state index contributed by atoms with van der Waals surface area (Å²) < 4.78 is 5.46. The Hall–Kier alpha value is -1.24. The van der Waals surface area contributed by atoms with Gasteiger partial charge in [-0.15, -0.1) is 11.8 Å². The fraction of sp³-hybridized carbons (Fsp3) is 0.556. The molecule has 5 nitrogen and oxygen atoms in total. The van der Waals surface area contributed by atoms with E-state index < -0.39 is 0 Å². The highest BCUT2D eigenvalue weighted by atomic mass is 35.5. The number of halogens is 1. The molecule has 136 valence electrons. The summed E-state index contributed by atoms with van der Waals surface area (Å²) in [6.45, 7) is 3.11. The van der Waals surface area contributed by atoms with Gasteiger partial charge in [-0.25, -0.2) is 0 Å². The zero-order valence-electron chi connectivity index (χ0n) is 14.2. The Morgan fingerprint density at radius 1 is 1.12 bits per heavy atom. The minimum absolute atomic E-state index is 0.0849. The lowest BCUT2D eigenvalue weighted by Gasteiger charge is -2.35. The van der Waals surface area contributed by atoms with Crippen molar-refractivity contribution in [3.8, 4) is 0 Å². The van der Waals surface area contributed by atoms with Crippen molar-refractivity contribution in [3.63, 3.8) is 0 Å². The summed E-state index contributed by atoms with van der Waals surface area (Å²) in [6, 6.07) is 7.69. The fourth-order valence-corrected chi connectivity index (χ4v) is 4.09. The van der Waals surface area contributed by atoms with Gasteiger partial charge in [-0.2, -0.15) is 0 Å². The van der Waals surface area contributed by atoms with Crippen LogP contribution in [0.2, 0.25) is 5.02 Å². The van der Waals surface area contributed by atoms with Crippen LogP contribution >= 0.6 is 23.4 Å². The molecule has 2 heterocycles. The Balaban J connectivity index is 1.37. The van der Waals surface area contributed by atoms with Gasteiger partial charge in [0.1, 0.15) is 6.10 Å². The maximum atomic E-state index is 12.3. The van der Waals surface area contributed by atoms with Gasteiger partial charge in [-0.1, -0.05) is 23.7 Å². The molecule has 2 saturated heterocycles. The first-order valence-electron chi connectivity index (χ1n) is 8.64. The van der Waals surface area contributed by atoms with Gasteiger partial charge < -0.3 is 14.5 Å². The minimum Gasteiger partial charge on any atom is -0.368 e. The van der Waals surface area contributed by atoms with Crippen molar-refractivity contribution >= 4 is 35.2 Å². The molecule has 2 fully saturated rings. The number of amides is 2. The Morgan fingerprint density at radius 2 is 1.80 bits per heavy atom. The van der Waals surface area contributed by atoms with E-state index in [2.05, 4.69) is 0 Å². The first-order chi connectivity index (χ1) is 12.1. The van der Waals surface area contributed by atoms with Crippen LogP contribution in [0, 0.1) is 0 Å². The largest absolute Gasteiger partial charge is 0.368 e. The van der Waals surface area contributed by atoms with Crippen LogP contribution in [-0.2, 0) is 20.1 Å². The van der Waals surface area contributed by atoms with Crippen LogP contribution in [0.3, 0.4) is 0 Å². The summed E-state index contributed by atoms with van der Waals surface area (Å²) in [4.78, 5) is 28.3. The molecule has 0 unspecified atom stereocenters. The average molecular weight is 383 g/mol. The molecule has 0 saturated carbocycles. The third kappa shape index (κ3) is 5.12. The number of hydrogen-bond acceptors (Lipinski definition) is 4. The Labute approximate surface area is 157 Å². The van der Waals surface area contributed by atoms with E-state index in [-0.39, 0.29) is 17.9 Å². The Bertz CT molecular complexity index is 597. The van der Waals surface area contributed by atoms with E-state index in [1.165, 1.54) is 0 Å². The van der Waals surface area contributed by atoms with Crippen LogP contribution < -0.4 is 0 Å². The number of carbonyl (C=O) groups is 2. The highest BCUT2D eigenvalue weighted by molar-refractivity contribution is 7.99. The first kappa shape index (κ1) is 18.5. The quantitative estimate of drug-likeness (QED) is 0.784. The Morgan fingerprint density at radius 3 is 2.44 bits per heavy atom. The summed E-state index contributed by atoms with van der Waals surface area (Å²) in [6.07, 6.45) is 1.51. The number of rotatable bonds is 5. The zero-order chi connectivity index (χ0) is 17.6. The van der Waals surface area contributed by atoms with Crippen molar-refractivity contribution in [2.24, 2.45) is 0 Å². The number of thioether (sulfide) groups is 1. The average Bonchev–Trinajstić information content (AvgIpc) is 3.17. The normalized spacial score (nSPS) is 20.8. The number of ether oxygens (including phenoxy) is 1. The summed E-state index contributed by atoms with van der Waals surface area (Å²) in [5.74, 6) is 1.48. The second-order valence-electron chi connectivity index (χ2n) is 6.33. The van der Waals surface area contributed by atoms with E-state index in [9.17, 15) is 9.59 Å². The molecule has 0 aromatic heterocycles. The molecule has 1 atom stereocenters. The van der Waals surface area contributed by atoms with E-state index >= 15 is 0 Å². The zero-order valence-corrected chi connectivity index (χ0v) is 15.7. The molecule has 3 rings (SSSR count). The maximum absolute atomic E-state index is 12.3. The van der Waals surface area contributed by atoms with E-state index in [0.717, 1.165) is 29.2 Å². The maximum Gasteiger partial charge on any atom is 0.251 e. The third-order valence-corrected chi connectivity index (χ3v) is 5.80. The van der Waals surface area contributed by atoms with Gasteiger partial charge >= 0.3 is 0 Å². The predicted octanol–water partition coefficient (Wildman–Crippen LogP) is 2.42. The second kappa shape index (κ2) is 8.92. The van der Waals surface area contributed by atoms with E-state index in [4.69, 9.17) is 16.3 Å². The molecule has 1 aromatic carbocycles. The number of benzene rings is 1. The predicted molar refractivity (Wildman–Crippen MR) is 99.7 cm³/mol. The summed E-state index contributed by atoms with van der Waals surface area (Å²) in [5.41, 5.74) is 1.16. The van der Waals surface area contributed by atoms with Gasteiger partial charge in [0.2, 0.25) is 5.91 Å². The van der Waals surface area contributed by atoms with Gasteiger partial charge in [-0.05, 0) is 30.5 Å². The summed E-state index contributed by atoms with van der Waals surface area (Å²) in [5, 5.41) is 0.722. The highest BCUT2D eigenvalue weighted by Crippen LogP contribution is 2.18. The van der Waals surface area contributed by atoms with E-state index in [1.807, 2.05) is 34.1 Å². The standard InChI is InChI=1S/C18H23ClN2O3S/c19-15-5-3-14(4-6-15)12-25-13-17(22)20-7-9-21(10-8-20)18(23)16-2-1-11-24-16/h3-6,16H,1-2,7-13H2/t16-/m0/s1. The molecule has 0 N–H and O–H groups in total. The van der Waals surface area contributed by atoms with Crippen molar-refractivity contribution in [1.29, 1.82) is 0 Å². The number of carbonyl (C=O) groups excluding carboxylic acids is 2. The van der Waals surface area contributed by atoms with E-state index in [1.54, 1.807) is 11.8 Å². The highest BCUT2D eigenvalue weighted by Gasteiger charge is 2.31. The first-order valence-corrected chi connectivity index (χ1v) is 10.2. The lowest BCUT2D eigenvalue weighted by atomic mass is 10.2. The second-order valence-corrected chi connectivity index (χ2v) is 7.75. The Kier molecular flexibility index (Phi) is 6.62. The van der Waals surface area contributed by atoms with Crippen LogP contribution in [0.4, 0.5) is 0 Å². The van der Waals surface area contributed by atoms with Gasteiger partial charge in [-0.3, -0.25) is 9.59 Å². The smallest absolute Gasteiger partial charge is 0.251 e. The molecule has 1 aromatic rings. The molecule has 2 aliphatic heterocycles. The van der Waals surface area contributed by atoms with Crippen LogP contribution in [0.5, 0.6) is 0 Å². The molecular formula is C18H23ClN2O3S. The van der Waals surface area contributed by atoms with Gasteiger partial charge in [0.25, 0.3) is 5.91 Å². The number of piperazine rings is 1. The van der Waals surface area contributed by atoms with Gasteiger partial charge in [0, 0.05) is 43.6 Å². The third-order valence-electron chi connectivity index (χ3n) is 4.56. The van der Waals surface area contributed by atoms with Crippen LogP contribution in [0.25, 0.3) is 0 Å². The minimum atomic E-state index is -0.266. The molecule has 25 heavy (non-hydrogen) atoms. The van der Waals surface area contributed by atoms with Crippen molar-refractivity contribution in [2.75, 3.05) is 38.5 Å². The van der Waals surface area contributed by atoms with Crippen molar-refractivity contribution in [1.82, 2.24) is 9.80 Å². The van der Waals surface area contributed by atoms with E-state index in [0.29, 0.717) is 38.5 Å². The molecule has 0 radical (unpaired) electrons. The van der Waals surface area contributed by atoms with Gasteiger partial charge in [0.15, 0.2) is 0 Å². The molecule has 0 spiro atoms. The molecule has 0 bridgehead atoms. The van der Waals surface area contributed by atoms with Crippen molar-refractivity contribution < 1.29 is 14.3 Å². The molecule has 2 aliphatic rings. The van der Waals surface area contributed by atoms with Crippen LogP contribution in [0.1, 0.15) is 18.4 Å². The number of hydrogen-bond donors (Lipinski definition) is 0. The van der Waals surface area contributed by atoms with Crippen LogP contribution in [0.15, 0.2) is 24.3 Å². The molecule has 0 aliphatic carbocycles. The number of nitrogens with zero attached hydrogens (tertiary/aromatic N) is 2. The lowest BCUT2D eigenvalue weighted by molar-refractivity contribution is -0.145. The monoisotopic (exact) mass is 382 g/mol. The lowest BCUT2D eigenvalue weighted by Crippen LogP contribution is -2.53. The van der Waals surface area contributed by atoms with Gasteiger partial charge in [0.05, 0.1) is 5.75 Å².